The molecule has 3 saturated heterocycles. The fourth-order valence-corrected chi connectivity index (χ4v) is 4.35. The Morgan fingerprint density at radius 1 is 1.11 bits per heavy atom. The molecule has 0 aliphatic carbocycles. The van der Waals surface area contributed by atoms with E-state index in [0.717, 1.165) is 34.5 Å². The molecule has 0 radical (unpaired) electrons. The first kappa shape index (κ1) is 18.6. The molecule has 1 unspecified atom stereocenters. The number of nitrogens with one attached hydrogen (secondary N) is 1. The van der Waals surface area contributed by atoms with Crippen molar-refractivity contribution in [1.29, 1.82) is 0 Å². The van der Waals surface area contributed by atoms with Gasteiger partial charge in [-0.05, 0) is 55.6 Å². The zero-order valence-electron chi connectivity index (χ0n) is 15.8. The van der Waals surface area contributed by atoms with Crippen LogP contribution in [-0.4, -0.2) is 37.7 Å². The molecule has 3 heterocycles. The quantitative estimate of drug-likeness (QED) is 0.776. The molecule has 1 atom stereocenters. The number of rotatable bonds is 7. The molecule has 144 valence electrons. The van der Waals surface area contributed by atoms with Crippen molar-refractivity contribution in [3.63, 3.8) is 0 Å². The molecular weight excluding hydrogens is 360 g/mol. The molecule has 0 spiro atoms. The van der Waals surface area contributed by atoms with Crippen LogP contribution in [0.15, 0.2) is 42.5 Å². The summed E-state index contributed by atoms with van der Waals surface area (Å²) >= 11 is 6.21. The second-order valence-corrected chi connectivity index (χ2v) is 7.90. The normalized spacial score (nSPS) is 24.0. The second kappa shape index (κ2) is 8.51. The molecule has 2 aromatic carbocycles. The van der Waals surface area contributed by atoms with Crippen molar-refractivity contribution in [2.45, 2.75) is 32.0 Å². The van der Waals surface area contributed by atoms with Gasteiger partial charge in [-0.2, -0.15) is 0 Å². The topological polar surface area (TPSA) is 33.7 Å². The predicted molar refractivity (Wildman–Crippen MR) is 109 cm³/mol. The van der Waals surface area contributed by atoms with Crippen LogP contribution in [0.2, 0.25) is 5.02 Å². The van der Waals surface area contributed by atoms with Gasteiger partial charge < -0.3 is 19.7 Å². The number of hydrogen-bond acceptors (Lipinski definition) is 4. The molecule has 0 aromatic heterocycles. The first-order chi connectivity index (χ1) is 13.2. The summed E-state index contributed by atoms with van der Waals surface area (Å²) in [6.45, 7) is 5.01. The summed E-state index contributed by atoms with van der Waals surface area (Å²) in [6.07, 6.45) is 2.66. The summed E-state index contributed by atoms with van der Waals surface area (Å²) in [6, 6.07) is 14.5. The number of hydrogen-bond donors (Lipinski definition) is 1. The van der Waals surface area contributed by atoms with Crippen molar-refractivity contribution < 1.29 is 9.47 Å². The highest BCUT2D eigenvalue weighted by Gasteiger charge is 2.33. The van der Waals surface area contributed by atoms with Crippen LogP contribution in [0.5, 0.6) is 11.5 Å². The summed E-state index contributed by atoms with van der Waals surface area (Å²) in [4.78, 5) is 2.57. The number of nitrogens with zero attached hydrogens (tertiary/aromatic N) is 1. The molecule has 3 aliphatic heterocycles. The van der Waals surface area contributed by atoms with Gasteiger partial charge in [0.2, 0.25) is 0 Å². The molecule has 1 N–H and O–H groups in total. The Morgan fingerprint density at radius 2 is 1.93 bits per heavy atom. The van der Waals surface area contributed by atoms with Crippen molar-refractivity contribution in [2.75, 3.05) is 26.7 Å². The molecular formula is C22H27ClN2O2. The molecule has 3 aliphatic rings. The van der Waals surface area contributed by atoms with Gasteiger partial charge in [0, 0.05) is 29.7 Å². The highest BCUT2D eigenvalue weighted by molar-refractivity contribution is 6.31. The van der Waals surface area contributed by atoms with Crippen LogP contribution < -0.4 is 14.8 Å². The van der Waals surface area contributed by atoms with Crippen LogP contribution in [0.25, 0.3) is 0 Å². The predicted octanol–water partition coefficient (Wildman–Crippen LogP) is 4.11. The van der Waals surface area contributed by atoms with Crippen LogP contribution in [0.4, 0.5) is 0 Å². The van der Waals surface area contributed by atoms with Gasteiger partial charge in [-0.1, -0.05) is 35.9 Å². The first-order valence-electron chi connectivity index (χ1n) is 9.72. The summed E-state index contributed by atoms with van der Waals surface area (Å²) < 4.78 is 11.5. The van der Waals surface area contributed by atoms with E-state index in [1.165, 1.54) is 38.0 Å². The Balaban J connectivity index is 1.37. The molecule has 0 amide bonds. The highest BCUT2D eigenvalue weighted by atomic mass is 35.5. The third-order valence-electron chi connectivity index (χ3n) is 5.79. The minimum atomic E-state index is 0.424. The van der Waals surface area contributed by atoms with Gasteiger partial charge in [0.05, 0.1) is 7.11 Å². The molecule has 0 saturated carbocycles. The zero-order chi connectivity index (χ0) is 18.6. The Labute approximate surface area is 166 Å². The Hall–Kier alpha value is -1.75. The lowest BCUT2D eigenvalue weighted by Gasteiger charge is -2.45. The Bertz CT molecular complexity index is 775. The van der Waals surface area contributed by atoms with Gasteiger partial charge in [-0.15, -0.1) is 0 Å². The van der Waals surface area contributed by atoms with E-state index in [4.69, 9.17) is 21.1 Å². The summed E-state index contributed by atoms with van der Waals surface area (Å²) in [7, 11) is 1.68. The van der Waals surface area contributed by atoms with Crippen molar-refractivity contribution in [1.82, 2.24) is 10.2 Å². The van der Waals surface area contributed by atoms with Gasteiger partial charge in [-0.3, -0.25) is 0 Å². The van der Waals surface area contributed by atoms with E-state index < -0.39 is 0 Å². The summed E-state index contributed by atoms with van der Waals surface area (Å²) in [5.74, 6) is 2.33. The zero-order valence-corrected chi connectivity index (χ0v) is 16.5. The van der Waals surface area contributed by atoms with E-state index in [0.29, 0.717) is 12.6 Å². The van der Waals surface area contributed by atoms with Crippen molar-refractivity contribution in [2.24, 2.45) is 5.92 Å². The number of halogens is 1. The minimum Gasteiger partial charge on any atom is -0.493 e. The number of benzene rings is 2. The maximum atomic E-state index is 6.21. The SMILES string of the molecule is COc1cc(CNC2CN3CCC2CC3)ccc1OCc1ccccc1Cl. The van der Waals surface area contributed by atoms with Crippen LogP contribution in [0.3, 0.4) is 0 Å². The maximum absolute atomic E-state index is 6.21. The smallest absolute Gasteiger partial charge is 0.161 e. The largest absolute Gasteiger partial charge is 0.493 e. The molecule has 4 nitrogen and oxygen atoms in total. The van der Waals surface area contributed by atoms with E-state index in [-0.39, 0.29) is 0 Å². The first-order valence-corrected chi connectivity index (χ1v) is 10.1. The van der Waals surface area contributed by atoms with Gasteiger partial charge in [0.15, 0.2) is 11.5 Å². The van der Waals surface area contributed by atoms with Crippen molar-refractivity contribution in [3.05, 3.63) is 58.6 Å². The average molecular weight is 387 g/mol. The van der Waals surface area contributed by atoms with Gasteiger partial charge in [0.25, 0.3) is 0 Å². The highest BCUT2D eigenvalue weighted by Crippen LogP contribution is 2.31. The van der Waals surface area contributed by atoms with Crippen molar-refractivity contribution in [3.8, 4) is 11.5 Å². The van der Waals surface area contributed by atoms with Crippen LogP contribution >= 0.6 is 11.6 Å². The Morgan fingerprint density at radius 3 is 2.63 bits per heavy atom. The van der Waals surface area contributed by atoms with Crippen LogP contribution in [0, 0.1) is 5.92 Å². The number of fused-ring (bicyclic) bond motifs is 3. The number of piperidine rings is 3. The van der Waals surface area contributed by atoms with Gasteiger partial charge >= 0.3 is 0 Å². The van der Waals surface area contributed by atoms with E-state index in [9.17, 15) is 0 Å². The van der Waals surface area contributed by atoms with E-state index in [1.807, 2.05) is 30.3 Å². The summed E-state index contributed by atoms with van der Waals surface area (Å²) in [5, 5.41) is 4.47. The van der Waals surface area contributed by atoms with E-state index >= 15 is 0 Å². The lowest BCUT2D eigenvalue weighted by Crippen LogP contribution is -2.55. The third kappa shape index (κ3) is 4.40. The van der Waals surface area contributed by atoms with Crippen LogP contribution in [0.1, 0.15) is 24.0 Å². The number of ether oxygens (including phenoxy) is 2. The monoisotopic (exact) mass is 386 g/mol. The van der Waals surface area contributed by atoms with Crippen LogP contribution in [-0.2, 0) is 13.2 Å². The van der Waals surface area contributed by atoms with Gasteiger partial charge in [0.1, 0.15) is 6.61 Å². The second-order valence-electron chi connectivity index (χ2n) is 7.49. The van der Waals surface area contributed by atoms with Crippen molar-refractivity contribution >= 4 is 11.6 Å². The summed E-state index contributed by atoms with van der Waals surface area (Å²) in [5.41, 5.74) is 2.18. The Kier molecular flexibility index (Phi) is 5.86. The van der Waals surface area contributed by atoms with Gasteiger partial charge in [-0.25, -0.2) is 0 Å². The fourth-order valence-electron chi connectivity index (χ4n) is 4.16. The average Bonchev–Trinajstić information content (AvgIpc) is 2.73. The lowest BCUT2D eigenvalue weighted by molar-refractivity contribution is 0.0720. The minimum absolute atomic E-state index is 0.424. The third-order valence-corrected chi connectivity index (χ3v) is 6.16. The maximum Gasteiger partial charge on any atom is 0.161 e. The van der Waals surface area contributed by atoms with E-state index in [2.05, 4.69) is 22.3 Å². The molecule has 2 bridgehead atoms. The molecule has 5 heteroatoms. The fraction of sp³-hybridized carbons (Fsp3) is 0.455. The molecule has 27 heavy (non-hydrogen) atoms. The lowest BCUT2D eigenvalue weighted by atomic mass is 9.84. The molecule has 3 fully saturated rings. The number of methoxy groups -OCH3 is 1. The molecule has 2 aromatic rings. The van der Waals surface area contributed by atoms with E-state index in [1.54, 1.807) is 7.11 Å². The standard InChI is InChI=1S/C22H27ClN2O2/c1-26-22-12-16(13-24-20-14-25-10-8-17(20)9-11-25)6-7-21(22)27-15-18-4-2-3-5-19(18)23/h2-7,12,17,20,24H,8-11,13-15H2,1H3. The molecule has 5 rings (SSSR count).